The fourth-order valence-corrected chi connectivity index (χ4v) is 5.76. The number of benzene rings is 4. The molecule has 0 spiro atoms. The van der Waals surface area contributed by atoms with Crippen LogP contribution in [0, 0.1) is 0 Å². The summed E-state index contributed by atoms with van der Waals surface area (Å²) in [5, 5.41) is 10.2. The molecular formula is C34H32BrCl2N3O4. The quantitative estimate of drug-likeness (QED) is 0.105. The van der Waals surface area contributed by atoms with Crippen LogP contribution in [0.3, 0.4) is 0 Å². The average molecular weight is 697 g/mol. The van der Waals surface area contributed by atoms with Gasteiger partial charge in [0.1, 0.15) is 5.75 Å². The Hall–Kier alpha value is -3.40. The van der Waals surface area contributed by atoms with E-state index in [4.69, 9.17) is 42.8 Å². The van der Waals surface area contributed by atoms with Gasteiger partial charge in [-0.25, -0.2) is 10.4 Å². The maximum Gasteiger partial charge on any atom is 0.266 e. The highest BCUT2D eigenvalue weighted by Gasteiger charge is 2.53. The maximum atomic E-state index is 14.3. The molecule has 228 valence electrons. The molecule has 0 saturated carbocycles. The Morgan fingerprint density at radius 3 is 2.45 bits per heavy atom. The van der Waals surface area contributed by atoms with Crippen LogP contribution in [0.5, 0.6) is 5.75 Å². The van der Waals surface area contributed by atoms with Crippen LogP contribution in [-0.4, -0.2) is 42.2 Å². The number of aliphatic hydroxyl groups is 1. The molecule has 10 heteroatoms. The van der Waals surface area contributed by atoms with Gasteiger partial charge in [0, 0.05) is 46.1 Å². The Morgan fingerprint density at radius 1 is 1.00 bits per heavy atom. The van der Waals surface area contributed by atoms with Crippen LogP contribution in [0.15, 0.2) is 107 Å². The minimum absolute atomic E-state index is 0.0653. The SMILES string of the molecule is O=C(NNCCc1ccc(Cl)cc1Cl)[C@@]1(Cc2ccc(Br)cc2)N=C(c2ccc(OCCCO)cc2)O[C@H]1c1ccccc1. The Morgan fingerprint density at radius 2 is 1.75 bits per heavy atom. The van der Waals surface area contributed by atoms with Gasteiger partial charge in [-0.15, -0.1) is 0 Å². The van der Waals surface area contributed by atoms with Crippen molar-refractivity contribution in [1.82, 2.24) is 10.9 Å². The maximum absolute atomic E-state index is 14.3. The van der Waals surface area contributed by atoms with Crippen molar-refractivity contribution < 1.29 is 19.4 Å². The van der Waals surface area contributed by atoms with Crippen molar-refractivity contribution in [3.63, 3.8) is 0 Å². The van der Waals surface area contributed by atoms with E-state index in [0.717, 1.165) is 26.7 Å². The number of aliphatic imine (C=N–C) groups is 1. The second-order valence-electron chi connectivity index (χ2n) is 10.4. The van der Waals surface area contributed by atoms with Crippen LogP contribution >= 0.6 is 39.1 Å². The smallest absolute Gasteiger partial charge is 0.266 e. The molecule has 1 aliphatic heterocycles. The zero-order valence-electron chi connectivity index (χ0n) is 23.8. The molecule has 0 aromatic heterocycles. The minimum Gasteiger partial charge on any atom is -0.494 e. The number of nitrogens with zero attached hydrogens (tertiary/aromatic N) is 1. The van der Waals surface area contributed by atoms with Gasteiger partial charge >= 0.3 is 0 Å². The van der Waals surface area contributed by atoms with E-state index in [2.05, 4.69) is 26.8 Å². The number of amides is 1. The number of nitrogens with one attached hydrogen (secondary N) is 2. The molecule has 0 aliphatic carbocycles. The molecule has 3 N–H and O–H groups in total. The molecule has 0 unspecified atom stereocenters. The van der Waals surface area contributed by atoms with Gasteiger partial charge in [0.05, 0.1) is 6.61 Å². The number of aliphatic hydroxyl groups excluding tert-OH is 1. The number of hydrogen-bond donors (Lipinski definition) is 3. The summed E-state index contributed by atoms with van der Waals surface area (Å²) in [5.41, 5.74) is 8.05. The third-order valence-corrected chi connectivity index (χ3v) is 8.37. The summed E-state index contributed by atoms with van der Waals surface area (Å²) in [6, 6.07) is 30.2. The van der Waals surface area contributed by atoms with Crippen molar-refractivity contribution in [2.75, 3.05) is 19.8 Å². The van der Waals surface area contributed by atoms with E-state index in [-0.39, 0.29) is 12.5 Å². The molecule has 4 aromatic carbocycles. The minimum atomic E-state index is -1.33. The summed E-state index contributed by atoms with van der Waals surface area (Å²) >= 11 is 15.9. The van der Waals surface area contributed by atoms with E-state index in [1.807, 2.05) is 84.9 Å². The summed E-state index contributed by atoms with van der Waals surface area (Å²) in [7, 11) is 0. The molecular weight excluding hydrogens is 665 g/mol. The molecule has 7 nitrogen and oxygen atoms in total. The van der Waals surface area contributed by atoms with Gasteiger partial charge in [-0.3, -0.25) is 10.2 Å². The largest absolute Gasteiger partial charge is 0.494 e. The monoisotopic (exact) mass is 695 g/mol. The zero-order valence-corrected chi connectivity index (χ0v) is 26.9. The van der Waals surface area contributed by atoms with Crippen LogP contribution < -0.4 is 15.6 Å². The van der Waals surface area contributed by atoms with Crippen molar-refractivity contribution in [1.29, 1.82) is 0 Å². The van der Waals surface area contributed by atoms with Crippen molar-refractivity contribution >= 4 is 50.9 Å². The summed E-state index contributed by atoms with van der Waals surface area (Å²) in [5.74, 6) is 0.709. The second-order valence-corrected chi connectivity index (χ2v) is 12.1. The molecule has 1 heterocycles. The number of rotatable bonds is 13. The first-order chi connectivity index (χ1) is 21.4. The van der Waals surface area contributed by atoms with Crippen LogP contribution in [0.4, 0.5) is 0 Å². The Bertz CT molecular complexity index is 1590. The highest BCUT2D eigenvalue weighted by molar-refractivity contribution is 9.10. The molecule has 0 fully saturated rings. The summed E-state index contributed by atoms with van der Waals surface area (Å²) in [6.07, 6.45) is 0.721. The van der Waals surface area contributed by atoms with E-state index in [0.29, 0.717) is 54.1 Å². The first-order valence-electron chi connectivity index (χ1n) is 14.3. The molecule has 1 amide bonds. The first-order valence-corrected chi connectivity index (χ1v) is 15.8. The van der Waals surface area contributed by atoms with Gasteiger partial charge in [-0.05, 0) is 71.6 Å². The third kappa shape index (κ3) is 7.81. The summed E-state index contributed by atoms with van der Waals surface area (Å²) in [4.78, 5) is 19.3. The normalized spacial score (nSPS) is 17.5. The average Bonchev–Trinajstić information content (AvgIpc) is 3.42. The van der Waals surface area contributed by atoms with Crippen LogP contribution in [0.2, 0.25) is 10.0 Å². The molecule has 0 radical (unpaired) electrons. The number of carbonyl (C=O) groups is 1. The number of carbonyl (C=O) groups excluding carboxylic acids is 1. The topological polar surface area (TPSA) is 92.2 Å². The predicted molar refractivity (Wildman–Crippen MR) is 177 cm³/mol. The van der Waals surface area contributed by atoms with Crippen LogP contribution in [0.1, 0.15) is 34.8 Å². The van der Waals surface area contributed by atoms with Crippen LogP contribution in [0.25, 0.3) is 0 Å². The van der Waals surface area contributed by atoms with E-state index >= 15 is 0 Å². The lowest BCUT2D eigenvalue weighted by Gasteiger charge is -2.31. The number of ether oxygens (including phenoxy) is 2. The van der Waals surface area contributed by atoms with Crippen molar-refractivity contribution in [3.8, 4) is 5.75 Å². The lowest BCUT2D eigenvalue weighted by molar-refractivity contribution is -0.130. The van der Waals surface area contributed by atoms with Gasteiger partial charge in [0.15, 0.2) is 11.6 Å². The fraction of sp³-hybridized carbons (Fsp3) is 0.235. The molecule has 4 aromatic rings. The molecule has 0 saturated heterocycles. The number of hydrogen-bond acceptors (Lipinski definition) is 6. The Balaban J connectivity index is 1.45. The third-order valence-electron chi connectivity index (χ3n) is 7.26. The van der Waals surface area contributed by atoms with E-state index < -0.39 is 11.6 Å². The molecule has 44 heavy (non-hydrogen) atoms. The molecule has 0 bridgehead atoms. The van der Waals surface area contributed by atoms with Gasteiger partial charge in [-0.2, -0.15) is 0 Å². The van der Waals surface area contributed by atoms with Crippen molar-refractivity contribution in [2.45, 2.75) is 30.9 Å². The lowest BCUT2D eigenvalue weighted by Crippen LogP contribution is -2.54. The second kappa shape index (κ2) is 15.1. The molecule has 1 aliphatic rings. The Kier molecular flexibility index (Phi) is 11.0. The van der Waals surface area contributed by atoms with Gasteiger partial charge in [0.25, 0.3) is 5.91 Å². The summed E-state index contributed by atoms with van der Waals surface area (Å²) < 4.78 is 13.2. The highest BCUT2D eigenvalue weighted by Crippen LogP contribution is 2.42. The van der Waals surface area contributed by atoms with Gasteiger partial charge < -0.3 is 14.6 Å². The van der Waals surface area contributed by atoms with Crippen molar-refractivity contribution in [2.24, 2.45) is 4.99 Å². The fourth-order valence-electron chi connectivity index (χ4n) is 5.00. The Labute approximate surface area is 275 Å². The van der Waals surface area contributed by atoms with E-state index in [1.54, 1.807) is 12.1 Å². The number of hydrazine groups is 1. The first kappa shape index (κ1) is 32.0. The zero-order chi connectivity index (χ0) is 30.9. The molecule has 5 rings (SSSR count). The van der Waals surface area contributed by atoms with Crippen LogP contribution in [-0.2, 0) is 22.4 Å². The lowest BCUT2D eigenvalue weighted by atomic mass is 9.82. The van der Waals surface area contributed by atoms with Gasteiger partial charge in [-0.1, -0.05) is 87.7 Å². The predicted octanol–water partition coefficient (Wildman–Crippen LogP) is 6.88. The van der Waals surface area contributed by atoms with Crippen molar-refractivity contribution in [3.05, 3.63) is 134 Å². The van der Waals surface area contributed by atoms with E-state index in [1.165, 1.54) is 0 Å². The van der Waals surface area contributed by atoms with E-state index in [9.17, 15) is 4.79 Å². The van der Waals surface area contributed by atoms with Gasteiger partial charge in [0.2, 0.25) is 5.90 Å². The standard InChI is InChI=1S/C34H32BrCl2N3O4/c35-27-12-7-23(8-13-27)22-34(33(42)40-38-18-17-24-9-14-28(36)21-30(24)37)31(25-5-2-1-3-6-25)44-32(39-34)26-10-15-29(16-11-26)43-20-4-19-41/h1-3,5-16,21,31,38,41H,4,17-20,22H2,(H,40,42)/t31-,34-/m0/s1. The highest BCUT2D eigenvalue weighted by atomic mass is 79.9. The molecule has 2 atom stereocenters. The number of halogens is 3. The summed E-state index contributed by atoms with van der Waals surface area (Å²) in [6.45, 7) is 0.916.